The first-order chi connectivity index (χ1) is 13.6. The number of rotatable bonds is 8. The van der Waals surface area contributed by atoms with Crippen molar-refractivity contribution < 1.29 is 19.7 Å². The minimum atomic E-state index is -1.06. The summed E-state index contributed by atoms with van der Waals surface area (Å²) < 4.78 is 5.44. The Morgan fingerprint density at radius 3 is 2.57 bits per heavy atom. The SMILES string of the molecule is COc1cc(C2CNNC2)ccc1C(=O)N[C@@H](Cc1ccccc1)[C@H](O)CO. The van der Waals surface area contributed by atoms with Gasteiger partial charge >= 0.3 is 0 Å². The van der Waals surface area contributed by atoms with Crippen LogP contribution in [0.25, 0.3) is 0 Å². The molecule has 1 saturated heterocycles. The monoisotopic (exact) mass is 385 g/mol. The van der Waals surface area contributed by atoms with Crippen LogP contribution in [0, 0.1) is 0 Å². The van der Waals surface area contributed by atoms with Gasteiger partial charge in [0.15, 0.2) is 0 Å². The van der Waals surface area contributed by atoms with Crippen molar-refractivity contribution in [3.8, 4) is 5.75 Å². The van der Waals surface area contributed by atoms with E-state index in [9.17, 15) is 15.0 Å². The number of hydrazine groups is 1. The maximum atomic E-state index is 12.9. The van der Waals surface area contributed by atoms with Gasteiger partial charge in [-0.15, -0.1) is 0 Å². The maximum absolute atomic E-state index is 12.9. The zero-order valence-electron chi connectivity index (χ0n) is 15.9. The zero-order chi connectivity index (χ0) is 19.9. The van der Waals surface area contributed by atoms with Crippen molar-refractivity contribution in [2.75, 3.05) is 26.8 Å². The first-order valence-corrected chi connectivity index (χ1v) is 9.39. The molecule has 1 aliphatic rings. The number of hydrogen-bond donors (Lipinski definition) is 5. The predicted molar refractivity (Wildman–Crippen MR) is 106 cm³/mol. The lowest BCUT2D eigenvalue weighted by Gasteiger charge is -2.23. The van der Waals surface area contributed by atoms with Gasteiger partial charge in [0, 0.05) is 19.0 Å². The van der Waals surface area contributed by atoms with Gasteiger partial charge < -0.3 is 20.3 Å². The molecule has 0 saturated carbocycles. The second-order valence-electron chi connectivity index (χ2n) is 6.94. The molecule has 2 atom stereocenters. The van der Waals surface area contributed by atoms with E-state index >= 15 is 0 Å². The molecule has 2 aromatic carbocycles. The van der Waals surface area contributed by atoms with Crippen molar-refractivity contribution in [1.29, 1.82) is 0 Å². The van der Waals surface area contributed by atoms with Gasteiger partial charge in [0.25, 0.3) is 5.91 Å². The summed E-state index contributed by atoms with van der Waals surface area (Å²) in [5.41, 5.74) is 8.63. The van der Waals surface area contributed by atoms with Crippen LogP contribution >= 0.6 is 0 Å². The summed E-state index contributed by atoms with van der Waals surface area (Å²) in [4.78, 5) is 12.9. The van der Waals surface area contributed by atoms with Gasteiger partial charge in [0.05, 0.1) is 31.4 Å². The van der Waals surface area contributed by atoms with Crippen molar-refractivity contribution >= 4 is 5.91 Å². The first-order valence-electron chi connectivity index (χ1n) is 9.39. The number of hydrogen-bond acceptors (Lipinski definition) is 6. The lowest BCUT2D eigenvalue weighted by Crippen LogP contribution is -2.46. The van der Waals surface area contributed by atoms with Crippen molar-refractivity contribution in [2.24, 2.45) is 0 Å². The van der Waals surface area contributed by atoms with Gasteiger partial charge in [0.2, 0.25) is 0 Å². The van der Waals surface area contributed by atoms with E-state index in [-0.39, 0.29) is 5.91 Å². The summed E-state index contributed by atoms with van der Waals surface area (Å²) in [6.07, 6.45) is -0.654. The molecule has 1 aliphatic heterocycles. The van der Waals surface area contributed by atoms with Crippen molar-refractivity contribution in [3.05, 3.63) is 65.2 Å². The van der Waals surface area contributed by atoms with Gasteiger partial charge in [-0.05, 0) is 29.7 Å². The van der Waals surface area contributed by atoms with Crippen molar-refractivity contribution in [2.45, 2.75) is 24.5 Å². The number of amides is 1. The number of benzene rings is 2. The van der Waals surface area contributed by atoms with E-state index in [2.05, 4.69) is 16.2 Å². The van der Waals surface area contributed by atoms with E-state index in [0.29, 0.717) is 23.7 Å². The number of carbonyl (C=O) groups is 1. The van der Waals surface area contributed by atoms with E-state index < -0.39 is 18.8 Å². The quantitative estimate of drug-likeness (QED) is 0.456. The number of aliphatic hydroxyl groups excluding tert-OH is 2. The van der Waals surface area contributed by atoms with Crippen LogP contribution < -0.4 is 20.9 Å². The Bertz CT molecular complexity index is 778. The van der Waals surface area contributed by atoms with E-state index in [1.165, 1.54) is 7.11 Å². The van der Waals surface area contributed by atoms with Gasteiger partial charge in [-0.2, -0.15) is 0 Å². The molecule has 0 unspecified atom stereocenters. The van der Waals surface area contributed by atoms with Gasteiger partial charge in [-0.25, -0.2) is 0 Å². The van der Waals surface area contributed by atoms with Crippen molar-refractivity contribution in [1.82, 2.24) is 16.2 Å². The molecule has 0 aromatic heterocycles. The highest BCUT2D eigenvalue weighted by Crippen LogP contribution is 2.26. The van der Waals surface area contributed by atoms with Crippen LogP contribution in [0.4, 0.5) is 0 Å². The summed E-state index contributed by atoms with van der Waals surface area (Å²) in [6, 6.07) is 14.5. The lowest BCUT2D eigenvalue weighted by molar-refractivity contribution is 0.0566. The van der Waals surface area contributed by atoms with Gasteiger partial charge in [-0.1, -0.05) is 36.4 Å². The molecule has 150 valence electrons. The van der Waals surface area contributed by atoms with E-state index in [1.807, 2.05) is 42.5 Å². The highest BCUT2D eigenvalue weighted by molar-refractivity contribution is 5.97. The predicted octanol–water partition coefficient (Wildman–Crippen LogP) is 0.581. The molecule has 0 spiro atoms. The zero-order valence-corrected chi connectivity index (χ0v) is 15.9. The summed E-state index contributed by atoms with van der Waals surface area (Å²) in [5.74, 6) is 0.450. The molecular formula is C21H27N3O4. The minimum Gasteiger partial charge on any atom is -0.496 e. The molecule has 7 heteroatoms. The fourth-order valence-electron chi connectivity index (χ4n) is 3.37. The summed E-state index contributed by atoms with van der Waals surface area (Å²) in [7, 11) is 1.53. The highest BCUT2D eigenvalue weighted by Gasteiger charge is 2.24. The van der Waals surface area contributed by atoms with Crippen molar-refractivity contribution in [3.63, 3.8) is 0 Å². The van der Waals surface area contributed by atoms with Crippen LogP contribution in [0.15, 0.2) is 48.5 Å². The van der Waals surface area contributed by atoms with Crippen LogP contribution in [-0.2, 0) is 6.42 Å². The molecule has 1 heterocycles. The molecule has 1 fully saturated rings. The standard InChI is InChI=1S/C21H27N3O4/c1-28-20-10-15(16-11-22-23-12-16)7-8-17(20)21(27)24-18(19(26)13-25)9-14-5-3-2-4-6-14/h2-8,10,16,18-19,22-23,25-26H,9,11-13H2,1H3,(H,24,27)/t18-,19+/m0/s1. The number of aliphatic hydroxyl groups is 2. The molecule has 28 heavy (non-hydrogen) atoms. The fraction of sp³-hybridized carbons (Fsp3) is 0.381. The molecule has 0 radical (unpaired) electrons. The Hall–Kier alpha value is -2.45. The second kappa shape index (κ2) is 9.66. The van der Waals surface area contributed by atoms with Gasteiger partial charge in [0.1, 0.15) is 5.75 Å². The van der Waals surface area contributed by atoms with Gasteiger partial charge in [-0.3, -0.25) is 15.6 Å². The molecule has 0 aliphatic carbocycles. The van der Waals surface area contributed by atoms with Crippen LogP contribution in [0.3, 0.4) is 0 Å². The summed E-state index contributed by atoms with van der Waals surface area (Å²) >= 11 is 0. The van der Waals surface area contributed by atoms with E-state index in [1.54, 1.807) is 6.07 Å². The number of ether oxygens (including phenoxy) is 1. The van der Waals surface area contributed by atoms with E-state index in [0.717, 1.165) is 24.2 Å². The molecule has 2 aromatic rings. The smallest absolute Gasteiger partial charge is 0.255 e. The first kappa shape index (κ1) is 20.3. The Labute approximate surface area is 164 Å². The van der Waals surface area contributed by atoms with Crippen LogP contribution in [0.2, 0.25) is 0 Å². The highest BCUT2D eigenvalue weighted by atomic mass is 16.5. The number of nitrogens with one attached hydrogen (secondary N) is 3. The number of carbonyl (C=O) groups excluding carboxylic acids is 1. The van der Waals surface area contributed by atoms with Crippen LogP contribution in [-0.4, -0.2) is 55.1 Å². The third-order valence-electron chi connectivity index (χ3n) is 5.03. The normalized spacial score (nSPS) is 16.5. The molecule has 3 rings (SSSR count). The Balaban J connectivity index is 1.76. The molecular weight excluding hydrogens is 358 g/mol. The largest absolute Gasteiger partial charge is 0.496 e. The maximum Gasteiger partial charge on any atom is 0.255 e. The molecule has 5 N–H and O–H groups in total. The Kier molecular flexibility index (Phi) is 7.00. The average molecular weight is 385 g/mol. The van der Waals surface area contributed by atoms with E-state index in [4.69, 9.17) is 4.74 Å². The fourth-order valence-corrected chi connectivity index (χ4v) is 3.37. The second-order valence-corrected chi connectivity index (χ2v) is 6.94. The molecule has 1 amide bonds. The van der Waals surface area contributed by atoms with Crippen LogP contribution in [0.5, 0.6) is 5.75 Å². The Morgan fingerprint density at radius 2 is 1.93 bits per heavy atom. The molecule has 7 nitrogen and oxygen atoms in total. The molecule has 0 bridgehead atoms. The number of methoxy groups -OCH3 is 1. The average Bonchev–Trinajstić information content (AvgIpc) is 3.27. The topological polar surface area (TPSA) is 103 Å². The van der Waals surface area contributed by atoms with Crippen LogP contribution in [0.1, 0.15) is 27.4 Å². The summed E-state index contributed by atoms with van der Waals surface area (Å²) in [6.45, 7) is 1.20. The third kappa shape index (κ3) is 4.88. The minimum absolute atomic E-state index is 0.313. The lowest BCUT2D eigenvalue weighted by atomic mass is 9.97. The third-order valence-corrected chi connectivity index (χ3v) is 5.03. The Morgan fingerprint density at radius 1 is 1.21 bits per heavy atom. The summed E-state index contributed by atoms with van der Waals surface area (Å²) in [5, 5.41) is 22.4.